The Balaban J connectivity index is 2.05. The van der Waals surface area contributed by atoms with E-state index in [1.165, 1.54) is 12.8 Å². The second-order valence-corrected chi connectivity index (χ2v) is 5.30. The number of halogens is 3. The average Bonchev–Trinajstić information content (AvgIpc) is 2.26. The number of piperidine rings is 1. The van der Waals surface area contributed by atoms with E-state index >= 15 is 0 Å². The normalized spacial score (nSPS) is 19.7. The van der Waals surface area contributed by atoms with E-state index in [1.807, 2.05) is 7.05 Å². The zero-order chi connectivity index (χ0) is 13.6. The van der Waals surface area contributed by atoms with Gasteiger partial charge in [0.15, 0.2) is 0 Å². The predicted octanol–water partition coefficient (Wildman–Crippen LogP) is 1.41. The van der Waals surface area contributed by atoms with Crippen LogP contribution in [0.5, 0.6) is 0 Å². The Morgan fingerprint density at radius 1 is 1.28 bits per heavy atom. The standard InChI is InChI=1S/C12H24F3N3/c1-17-6-3-11(4-7-17)9-18(2)8-5-16-10-12(13,14)15/h11,16H,3-10H2,1-2H3. The molecule has 1 saturated heterocycles. The van der Waals surface area contributed by atoms with Crippen LogP contribution in [0.3, 0.4) is 0 Å². The number of nitrogens with zero attached hydrogens (tertiary/aromatic N) is 2. The van der Waals surface area contributed by atoms with Gasteiger partial charge in [0.05, 0.1) is 6.54 Å². The van der Waals surface area contributed by atoms with Gasteiger partial charge in [-0.15, -0.1) is 0 Å². The first kappa shape index (κ1) is 15.7. The topological polar surface area (TPSA) is 18.5 Å². The van der Waals surface area contributed by atoms with E-state index in [9.17, 15) is 13.2 Å². The number of nitrogens with one attached hydrogen (secondary N) is 1. The second kappa shape index (κ2) is 7.31. The molecule has 18 heavy (non-hydrogen) atoms. The van der Waals surface area contributed by atoms with Crippen LogP contribution >= 0.6 is 0 Å². The zero-order valence-corrected chi connectivity index (χ0v) is 11.3. The van der Waals surface area contributed by atoms with Gasteiger partial charge in [-0.25, -0.2) is 0 Å². The fourth-order valence-corrected chi connectivity index (χ4v) is 2.28. The van der Waals surface area contributed by atoms with E-state index in [4.69, 9.17) is 0 Å². The molecule has 6 heteroatoms. The van der Waals surface area contributed by atoms with E-state index in [1.54, 1.807) is 0 Å². The minimum atomic E-state index is -4.10. The van der Waals surface area contributed by atoms with Crippen LogP contribution in [0.4, 0.5) is 13.2 Å². The predicted molar refractivity (Wildman–Crippen MR) is 66.6 cm³/mol. The van der Waals surface area contributed by atoms with E-state index in [0.717, 1.165) is 19.6 Å². The number of rotatable bonds is 6. The fraction of sp³-hybridized carbons (Fsp3) is 1.00. The summed E-state index contributed by atoms with van der Waals surface area (Å²) >= 11 is 0. The second-order valence-electron chi connectivity index (χ2n) is 5.30. The third kappa shape index (κ3) is 7.18. The highest BCUT2D eigenvalue weighted by atomic mass is 19.4. The molecule has 0 aromatic heterocycles. The highest BCUT2D eigenvalue weighted by Gasteiger charge is 2.26. The molecule has 3 nitrogen and oxygen atoms in total. The van der Waals surface area contributed by atoms with Crippen molar-refractivity contribution in [1.82, 2.24) is 15.1 Å². The van der Waals surface area contributed by atoms with Crippen molar-refractivity contribution in [2.75, 3.05) is 53.4 Å². The van der Waals surface area contributed by atoms with Crippen LogP contribution in [0.25, 0.3) is 0 Å². The average molecular weight is 267 g/mol. The molecule has 0 aromatic carbocycles. The molecular formula is C12H24F3N3. The van der Waals surface area contributed by atoms with Crippen LogP contribution in [0.2, 0.25) is 0 Å². The Morgan fingerprint density at radius 2 is 1.89 bits per heavy atom. The van der Waals surface area contributed by atoms with E-state index in [-0.39, 0.29) is 0 Å². The molecule has 1 aliphatic rings. The van der Waals surface area contributed by atoms with Crippen molar-refractivity contribution in [2.24, 2.45) is 5.92 Å². The van der Waals surface area contributed by atoms with Crippen molar-refractivity contribution in [2.45, 2.75) is 19.0 Å². The minimum Gasteiger partial charge on any atom is -0.307 e. The summed E-state index contributed by atoms with van der Waals surface area (Å²) in [7, 11) is 4.11. The Bertz CT molecular complexity index is 225. The molecule has 1 rings (SSSR count). The minimum absolute atomic E-state index is 0.392. The van der Waals surface area contributed by atoms with Crippen LogP contribution < -0.4 is 5.32 Å². The van der Waals surface area contributed by atoms with Gasteiger partial charge in [-0.05, 0) is 45.9 Å². The van der Waals surface area contributed by atoms with E-state index in [0.29, 0.717) is 19.0 Å². The van der Waals surface area contributed by atoms with Gasteiger partial charge >= 0.3 is 6.18 Å². The Morgan fingerprint density at radius 3 is 2.44 bits per heavy atom. The molecule has 0 bridgehead atoms. The molecule has 1 fully saturated rings. The van der Waals surface area contributed by atoms with Gasteiger partial charge in [0.1, 0.15) is 0 Å². The highest BCUT2D eigenvalue weighted by molar-refractivity contribution is 4.72. The van der Waals surface area contributed by atoms with Gasteiger partial charge in [-0.2, -0.15) is 13.2 Å². The molecule has 0 amide bonds. The zero-order valence-electron chi connectivity index (χ0n) is 11.3. The van der Waals surface area contributed by atoms with Crippen molar-refractivity contribution in [3.63, 3.8) is 0 Å². The van der Waals surface area contributed by atoms with Gasteiger partial charge in [0.25, 0.3) is 0 Å². The van der Waals surface area contributed by atoms with Crippen molar-refractivity contribution in [1.29, 1.82) is 0 Å². The third-order valence-electron chi connectivity index (χ3n) is 3.40. The quantitative estimate of drug-likeness (QED) is 0.734. The molecule has 0 spiro atoms. The molecule has 108 valence electrons. The van der Waals surface area contributed by atoms with E-state index in [2.05, 4.69) is 22.2 Å². The molecule has 0 aromatic rings. The Kier molecular flexibility index (Phi) is 6.38. The van der Waals surface area contributed by atoms with Crippen molar-refractivity contribution in [3.05, 3.63) is 0 Å². The maximum atomic E-state index is 11.9. The smallest absolute Gasteiger partial charge is 0.307 e. The number of likely N-dealkylation sites (N-methyl/N-ethyl adjacent to an activating group) is 1. The maximum Gasteiger partial charge on any atom is 0.401 e. The summed E-state index contributed by atoms with van der Waals surface area (Å²) in [5.41, 5.74) is 0. The van der Waals surface area contributed by atoms with Gasteiger partial charge in [-0.3, -0.25) is 0 Å². The Hall–Kier alpha value is -0.330. The molecule has 0 radical (unpaired) electrons. The molecule has 1 N–H and O–H groups in total. The fourth-order valence-electron chi connectivity index (χ4n) is 2.28. The van der Waals surface area contributed by atoms with Crippen LogP contribution in [0, 0.1) is 5.92 Å². The number of alkyl halides is 3. The summed E-state index contributed by atoms with van der Waals surface area (Å²) in [5, 5.41) is 2.43. The van der Waals surface area contributed by atoms with Gasteiger partial charge in [0.2, 0.25) is 0 Å². The van der Waals surface area contributed by atoms with Crippen LogP contribution in [0.15, 0.2) is 0 Å². The first-order chi connectivity index (χ1) is 8.37. The lowest BCUT2D eigenvalue weighted by atomic mass is 9.97. The maximum absolute atomic E-state index is 11.9. The highest BCUT2D eigenvalue weighted by Crippen LogP contribution is 2.16. The number of hydrogen-bond acceptors (Lipinski definition) is 3. The molecular weight excluding hydrogens is 243 g/mol. The first-order valence-corrected chi connectivity index (χ1v) is 6.51. The first-order valence-electron chi connectivity index (χ1n) is 6.51. The molecule has 0 aliphatic carbocycles. The third-order valence-corrected chi connectivity index (χ3v) is 3.40. The SMILES string of the molecule is CN1CCC(CN(C)CCNCC(F)(F)F)CC1. The summed E-state index contributed by atoms with van der Waals surface area (Å²) in [6, 6.07) is 0. The lowest BCUT2D eigenvalue weighted by Gasteiger charge is -2.31. The number of likely N-dealkylation sites (tertiary alicyclic amines) is 1. The molecule has 0 unspecified atom stereocenters. The van der Waals surface area contributed by atoms with Gasteiger partial charge in [-0.1, -0.05) is 0 Å². The van der Waals surface area contributed by atoms with Gasteiger partial charge in [0, 0.05) is 19.6 Å². The summed E-state index contributed by atoms with van der Waals surface area (Å²) < 4.78 is 35.7. The summed E-state index contributed by atoms with van der Waals surface area (Å²) in [6.07, 6.45) is -1.72. The summed E-state index contributed by atoms with van der Waals surface area (Å²) in [5.74, 6) is 0.689. The molecule has 0 saturated carbocycles. The van der Waals surface area contributed by atoms with Crippen molar-refractivity contribution >= 4 is 0 Å². The monoisotopic (exact) mass is 267 g/mol. The Labute approximate surface area is 107 Å². The lowest BCUT2D eigenvalue weighted by molar-refractivity contribution is -0.124. The lowest BCUT2D eigenvalue weighted by Crippen LogP contribution is -2.39. The largest absolute Gasteiger partial charge is 0.401 e. The van der Waals surface area contributed by atoms with E-state index < -0.39 is 12.7 Å². The molecule has 1 heterocycles. The summed E-state index contributed by atoms with van der Waals surface area (Å²) in [6.45, 7) is 3.41. The van der Waals surface area contributed by atoms with Crippen LogP contribution in [0.1, 0.15) is 12.8 Å². The summed E-state index contributed by atoms with van der Waals surface area (Å²) in [4.78, 5) is 4.45. The van der Waals surface area contributed by atoms with Crippen molar-refractivity contribution < 1.29 is 13.2 Å². The van der Waals surface area contributed by atoms with Crippen LogP contribution in [-0.4, -0.2) is 69.3 Å². The molecule has 1 aliphatic heterocycles. The number of hydrogen-bond donors (Lipinski definition) is 1. The van der Waals surface area contributed by atoms with Crippen molar-refractivity contribution in [3.8, 4) is 0 Å². The van der Waals surface area contributed by atoms with Gasteiger partial charge < -0.3 is 15.1 Å². The van der Waals surface area contributed by atoms with Crippen LogP contribution in [-0.2, 0) is 0 Å². The molecule has 0 atom stereocenters.